The maximum absolute atomic E-state index is 2.48. The third kappa shape index (κ3) is 2.45. The summed E-state index contributed by atoms with van der Waals surface area (Å²) in [5, 5.41) is 0.692. The van der Waals surface area contributed by atoms with Gasteiger partial charge in [0.25, 0.3) is 0 Å². The van der Waals surface area contributed by atoms with Gasteiger partial charge in [0.15, 0.2) is 6.71 Å². The van der Waals surface area contributed by atoms with Gasteiger partial charge in [-0.15, -0.1) is 0 Å². The van der Waals surface area contributed by atoms with Crippen molar-refractivity contribution in [1.82, 2.24) is 4.31 Å². The van der Waals surface area contributed by atoms with Crippen LogP contribution in [-0.4, -0.2) is 29.4 Å². The zero-order chi connectivity index (χ0) is 9.97. The first kappa shape index (κ1) is 10.4. The molecule has 0 radical (unpaired) electrons. The van der Waals surface area contributed by atoms with Crippen molar-refractivity contribution in [1.29, 1.82) is 0 Å². The second-order valence-corrected chi connectivity index (χ2v) is 5.71. The molecule has 1 atom stereocenters. The van der Waals surface area contributed by atoms with Gasteiger partial charge in [-0.2, -0.15) is 0 Å². The van der Waals surface area contributed by atoms with Crippen molar-refractivity contribution in [2.75, 3.05) is 13.1 Å². The van der Waals surface area contributed by atoms with Gasteiger partial charge in [-0.3, -0.25) is 4.31 Å². The summed E-state index contributed by atoms with van der Waals surface area (Å²) in [5.74, 6) is 0. The van der Waals surface area contributed by atoms with Gasteiger partial charge in [-0.05, 0) is 12.8 Å². The van der Waals surface area contributed by atoms with Crippen molar-refractivity contribution in [3.8, 4) is 0 Å². The highest BCUT2D eigenvalue weighted by molar-refractivity contribution is 7.97. The maximum Gasteiger partial charge on any atom is 0.169 e. The highest BCUT2D eigenvalue weighted by Gasteiger charge is 2.19. The van der Waals surface area contributed by atoms with Crippen molar-refractivity contribution in [2.45, 2.75) is 31.7 Å². The van der Waals surface area contributed by atoms with E-state index in [1.807, 2.05) is 11.9 Å². The number of hydrogen-bond acceptors (Lipinski definition) is 2. The van der Waals surface area contributed by atoms with Crippen molar-refractivity contribution in [3.63, 3.8) is 0 Å². The Morgan fingerprint density at radius 1 is 1.43 bits per heavy atom. The predicted molar refractivity (Wildman–Crippen MR) is 66.9 cm³/mol. The van der Waals surface area contributed by atoms with Crippen molar-refractivity contribution in [2.24, 2.45) is 0 Å². The molecule has 0 aromatic carbocycles. The average molecular weight is 207 g/mol. The fourth-order valence-corrected chi connectivity index (χ4v) is 2.89. The second kappa shape index (κ2) is 4.58. The molecule has 1 heterocycles. The smallest absolute Gasteiger partial charge is 0.169 e. The number of nitrogens with zero attached hydrogens (tertiary/aromatic N) is 1. The van der Waals surface area contributed by atoms with E-state index >= 15 is 0 Å². The summed E-state index contributed by atoms with van der Waals surface area (Å²) in [6, 6.07) is 0. The Morgan fingerprint density at radius 2 is 2.21 bits per heavy atom. The fourth-order valence-electron chi connectivity index (χ4n) is 1.71. The van der Waals surface area contributed by atoms with Gasteiger partial charge < -0.3 is 0 Å². The van der Waals surface area contributed by atoms with Crippen LogP contribution in [0.2, 0.25) is 13.6 Å². The van der Waals surface area contributed by atoms with Gasteiger partial charge in [0.05, 0.1) is 0 Å². The van der Waals surface area contributed by atoms with E-state index in [-0.39, 0.29) is 0 Å². The van der Waals surface area contributed by atoms with Crippen LogP contribution in [0.15, 0.2) is 23.7 Å². The van der Waals surface area contributed by atoms with E-state index < -0.39 is 0 Å². The minimum Gasteiger partial charge on any atom is -0.250 e. The van der Waals surface area contributed by atoms with Crippen molar-refractivity contribution in [3.05, 3.63) is 23.7 Å². The van der Waals surface area contributed by atoms with E-state index in [0.29, 0.717) is 12.0 Å². The largest absolute Gasteiger partial charge is 0.250 e. The summed E-state index contributed by atoms with van der Waals surface area (Å²) in [6.45, 7) is 7.78. The lowest BCUT2D eigenvalue weighted by Gasteiger charge is -2.32. The molecule has 0 N–H and O–H groups in total. The lowest BCUT2D eigenvalue weighted by molar-refractivity contribution is 0.342. The highest BCUT2D eigenvalue weighted by Crippen LogP contribution is 2.29. The minimum atomic E-state index is 0.682. The molecule has 3 heteroatoms. The van der Waals surface area contributed by atoms with Crippen LogP contribution in [0.4, 0.5) is 0 Å². The molecule has 14 heavy (non-hydrogen) atoms. The lowest BCUT2D eigenvalue weighted by Crippen LogP contribution is -2.32. The molecular weight excluding hydrogens is 189 g/mol. The standard InChI is InChI=1S/C11H18BNS/c1-12(2)10-4-6-11(7-5-10)14-13-8-3-9-13/h4-6,11H,3,7-9H2,1-2H3. The van der Waals surface area contributed by atoms with Gasteiger partial charge >= 0.3 is 0 Å². The first-order chi connectivity index (χ1) is 6.75. The average Bonchev–Trinajstić information content (AvgIpc) is 2.12. The molecule has 0 aromatic rings. The minimum absolute atomic E-state index is 0.682. The molecule has 0 aromatic heterocycles. The van der Waals surface area contributed by atoms with Crippen LogP contribution < -0.4 is 0 Å². The van der Waals surface area contributed by atoms with E-state index in [9.17, 15) is 0 Å². The molecular formula is C11H18BNS. The fraction of sp³-hybridized carbons (Fsp3) is 0.636. The quantitative estimate of drug-likeness (QED) is 0.517. The molecule has 1 unspecified atom stereocenters. The molecule has 1 saturated heterocycles. The third-order valence-electron chi connectivity index (χ3n) is 2.86. The van der Waals surface area contributed by atoms with Gasteiger partial charge in [0, 0.05) is 18.3 Å². The molecule has 0 spiro atoms. The molecule has 1 nitrogen and oxygen atoms in total. The summed E-state index contributed by atoms with van der Waals surface area (Å²) >= 11 is 2.02. The molecule has 0 bridgehead atoms. The zero-order valence-corrected chi connectivity index (χ0v) is 9.89. The van der Waals surface area contributed by atoms with Crippen LogP contribution in [-0.2, 0) is 0 Å². The van der Waals surface area contributed by atoms with Gasteiger partial charge in [-0.25, -0.2) is 0 Å². The molecule has 2 rings (SSSR count). The molecule has 0 saturated carbocycles. The summed E-state index contributed by atoms with van der Waals surface area (Å²) in [4.78, 5) is 0. The van der Waals surface area contributed by atoms with E-state index in [1.165, 1.54) is 31.4 Å². The van der Waals surface area contributed by atoms with Crippen LogP contribution >= 0.6 is 11.9 Å². The summed E-state index contributed by atoms with van der Waals surface area (Å²) in [5.41, 5.74) is 1.51. The lowest BCUT2D eigenvalue weighted by atomic mass is 9.48. The first-order valence-corrected chi connectivity index (χ1v) is 6.39. The Hall–Kier alpha value is -0.145. The van der Waals surface area contributed by atoms with Crippen LogP contribution in [0, 0.1) is 0 Å². The highest BCUT2D eigenvalue weighted by atomic mass is 32.2. The molecule has 1 fully saturated rings. The Kier molecular flexibility index (Phi) is 3.40. The maximum atomic E-state index is 2.48. The third-order valence-corrected chi connectivity index (χ3v) is 4.14. The van der Waals surface area contributed by atoms with Crippen LogP contribution in [0.25, 0.3) is 0 Å². The Morgan fingerprint density at radius 3 is 2.64 bits per heavy atom. The van der Waals surface area contributed by atoms with Crippen LogP contribution in [0.5, 0.6) is 0 Å². The predicted octanol–water partition coefficient (Wildman–Crippen LogP) is 2.89. The number of hydrogen-bond donors (Lipinski definition) is 0. The molecule has 1 aliphatic carbocycles. The first-order valence-electron chi connectivity index (χ1n) is 5.55. The van der Waals surface area contributed by atoms with Gasteiger partial charge in [-0.1, -0.05) is 49.3 Å². The Bertz CT molecular complexity index is 256. The van der Waals surface area contributed by atoms with Gasteiger partial charge in [0.2, 0.25) is 0 Å². The van der Waals surface area contributed by atoms with Crippen molar-refractivity contribution >= 4 is 18.7 Å². The molecule has 0 amide bonds. The molecule has 1 aliphatic heterocycles. The summed E-state index contributed by atoms with van der Waals surface area (Å²) in [6.07, 6.45) is 9.69. The SMILES string of the molecule is CB(C)C1=CCC(SN2CCC2)C=C1. The van der Waals surface area contributed by atoms with E-state index in [0.717, 1.165) is 0 Å². The summed E-state index contributed by atoms with van der Waals surface area (Å²) in [7, 11) is 0. The normalized spacial score (nSPS) is 27.0. The monoisotopic (exact) mass is 207 g/mol. The topological polar surface area (TPSA) is 3.24 Å². The van der Waals surface area contributed by atoms with Crippen LogP contribution in [0.3, 0.4) is 0 Å². The van der Waals surface area contributed by atoms with Crippen molar-refractivity contribution < 1.29 is 0 Å². The van der Waals surface area contributed by atoms with E-state index in [2.05, 4.69) is 36.2 Å². The van der Waals surface area contributed by atoms with Crippen LogP contribution in [0.1, 0.15) is 12.8 Å². The second-order valence-electron chi connectivity index (χ2n) is 4.38. The molecule has 2 aliphatic rings. The molecule has 76 valence electrons. The Balaban J connectivity index is 1.81. The number of rotatable bonds is 3. The van der Waals surface area contributed by atoms with Gasteiger partial charge in [0.1, 0.15) is 0 Å². The van der Waals surface area contributed by atoms with E-state index in [1.54, 1.807) is 0 Å². The Labute approximate surface area is 91.8 Å². The summed E-state index contributed by atoms with van der Waals surface area (Å²) < 4.78 is 2.48. The zero-order valence-electron chi connectivity index (χ0n) is 9.07. The van der Waals surface area contributed by atoms with E-state index in [4.69, 9.17) is 0 Å². The number of allylic oxidation sites excluding steroid dienone is 3.